The molecular formula is C24H21ClN4O2. The fraction of sp³-hybridized carbons (Fsp3) is 0.125. The number of benzene rings is 2. The molecule has 0 unspecified atom stereocenters. The number of hydrogen-bond donors (Lipinski definition) is 1. The molecule has 0 saturated carbocycles. The maximum atomic E-state index is 12.8. The van der Waals surface area contributed by atoms with E-state index in [9.17, 15) is 4.79 Å². The molecular weight excluding hydrogens is 412 g/mol. The van der Waals surface area contributed by atoms with Gasteiger partial charge in [0.1, 0.15) is 11.5 Å². The summed E-state index contributed by atoms with van der Waals surface area (Å²) in [5.41, 5.74) is 3.91. The fourth-order valence-corrected chi connectivity index (χ4v) is 3.42. The summed E-state index contributed by atoms with van der Waals surface area (Å²) in [4.78, 5) is 17.1. The van der Waals surface area contributed by atoms with Crippen molar-refractivity contribution in [2.24, 2.45) is 7.05 Å². The van der Waals surface area contributed by atoms with Crippen molar-refractivity contribution in [3.05, 3.63) is 94.9 Å². The number of nitrogens with one attached hydrogen (secondary N) is 1. The molecule has 0 fully saturated rings. The van der Waals surface area contributed by atoms with Gasteiger partial charge in [-0.3, -0.25) is 14.5 Å². The number of halogens is 1. The van der Waals surface area contributed by atoms with E-state index in [0.29, 0.717) is 28.6 Å². The second-order valence-corrected chi connectivity index (χ2v) is 7.56. The zero-order valence-corrected chi connectivity index (χ0v) is 17.9. The highest BCUT2D eigenvalue weighted by molar-refractivity contribution is 6.30. The van der Waals surface area contributed by atoms with E-state index in [4.69, 9.17) is 16.3 Å². The minimum absolute atomic E-state index is 0.172. The summed E-state index contributed by atoms with van der Waals surface area (Å²) in [6.45, 7) is 2.26. The Labute approximate surface area is 185 Å². The van der Waals surface area contributed by atoms with Gasteiger partial charge in [0.05, 0.1) is 11.9 Å². The van der Waals surface area contributed by atoms with Gasteiger partial charge in [-0.2, -0.15) is 5.10 Å². The van der Waals surface area contributed by atoms with Crippen LogP contribution < -0.4 is 10.1 Å². The predicted octanol–water partition coefficient (Wildman–Crippen LogP) is 5.17. The molecule has 7 heteroatoms. The Balaban J connectivity index is 1.50. The molecule has 0 atom stereocenters. The third kappa shape index (κ3) is 4.92. The zero-order chi connectivity index (χ0) is 21.8. The van der Waals surface area contributed by atoms with Gasteiger partial charge in [0, 0.05) is 53.8 Å². The van der Waals surface area contributed by atoms with Crippen LogP contribution in [0.4, 0.5) is 0 Å². The smallest absolute Gasteiger partial charge is 0.251 e. The van der Waals surface area contributed by atoms with Gasteiger partial charge in [-0.15, -0.1) is 0 Å². The number of rotatable bonds is 6. The highest BCUT2D eigenvalue weighted by atomic mass is 35.5. The Bertz CT molecular complexity index is 1240. The molecule has 0 aliphatic heterocycles. The lowest BCUT2D eigenvalue weighted by Crippen LogP contribution is -2.23. The molecule has 4 rings (SSSR count). The Kier molecular flexibility index (Phi) is 6.00. The number of ether oxygens (including phenoxy) is 1. The molecule has 2 aromatic carbocycles. The second kappa shape index (κ2) is 9.02. The van der Waals surface area contributed by atoms with Gasteiger partial charge in [-0.25, -0.2) is 0 Å². The highest BCUT2D eigenvalue weighted by Gasteiger charge is 2.13. The van der Waals surface area contributed by atoms with Gasteiger partial charge in [0.15, 0.2) is 0 Å². The van der Waals surface area contributed by atoms with E-state index >= 15 is 0 Å². The maximum Gasteiger partial charge on any atom is 0.251 e. The molecule has 0 aliphatic rings. The molecule has 2 heterocycles. The molecule has 0 spiro atoms. The molecule has 31 heavy (non-hydrogen) atoms. The third-order valence-corrected chi connectivity index (χ3v) is 5.07. The van der Waals surface area contributed by atoms with E-state index in [-0.39, 0.29) is 5.91 Å². The van der Waals surface area contributed by atoms with E-state index < -0.39 is 0 Å². The summed E-state index contributed by atoms with van der Waals surface area (Å²) in [5, 5.41) is 7.76. The van der Waals surface area contributed by atoms with Crippen molar-refractivity contribution in [2.45, 2.75) is 13.5 Å². The van der Waals surface area contributed by atoms with Crippen LogP contribution in [0.1, 0.15) is 21.5 Å². The van der Waals surface area contributed by atoms with Crippen molar-refractivity contribution in [1.29, 1.82) is 0 Å². The number of carbonyl (C=O) groups excluding carboxylic acids is 1. The average Bonchev–Trinajstić information content (AvgIpc) is 3.20. The first-order valence-corrected chi connectivity index (χ1v) is 10.1. The summed E-state index contributed by atoms with van der Waals surface area (Å²) in [5.74, 6) is 1.07. The normalized spacial score (nSPS) is 10.7. The van der Waals surface area contributed by atoms with E-state index in [0.717, 1.165) is 22.4 Å². The van der Waals surface area contributed by atoms with Gasteiger partial charge < -0.3 is 10.1 Å². The van der Waals surface area contributed by atoms with Crippen LogP contribution in [-0.2, 0) is 13.6 Å². The molecule has 0 radical (unpaired) electrons. The minimum atomic E-state index is -0.172. The van der Waals surface area contributed by atoms with Crippen LogP contribution in [-0.4, -0.2) is 20.7 Å². The van der Waals surface area contributed by atoms with Crippen LogP contribution in [0.2, 0.25) is 5.02 Å². The lowest BCUT2D eigenvalue weighted by atomic mass is 10.1. The highest BCUT2D eigenvalue weighted by Crippen LogP contribution is 2.29. The van der Waals surface area contributed by atoms with Gasteiger partial charge in [0.25, 0.3) is 5.91 Å². The second-order valence-electron chi connectivity index (χ2n) is 7.12. The first-order chi connectivity index (χ1) is 15.0. The average molecular weight is 433 g/mol. The van der Waals surface area contributed by atoms with Crippen LogP contribution in [0.25, 0.3) is 11.3 Å². The van der Waals surface area contributed by atoms with Crippen molar-refractivity contribution < 1.29 is 9.53 Å². The Morgan fingerprint density at radius 3 is 2.77 bits per heavy atom. The molecule has 2 aromatic heterocycles. The summed E-state index contributed by atoms with van der Waals surface area (Å²) < 4.78 is 7.81. The number of aromatic nitrogens is 3. The van der Waals surface area contributed by atoms with Crippen molar-refractivity contribution in [1.82, 2.24) is 20.1 Å². The Morgan fingerprint density at radius 2 is 2.00 bits per heavy atom. The standard InChI is InChI=1S/C24H21ClN4O2/c1-16-21(24(30)27-13-17-5-3-6-19(25)11-17)7-4-8-23(16)31-20-9-10-26-22(12-20)18-14-28-29(2)15-18/h3-12,14-15H,13H2,1-2H3,(H,27,30). The number of amides is 1. The zero-order valence-electron chi connectivity index (χ0n) is 17.2. The first-order valence-electron chi connectivity index (χ1n) is 9.75. The molecule has 1 amide bonds. The van der Waals surface area contributed by atoms with Gasteiger partial charge in [-0.1, -0.05) is 29.8 Å². The topological polar surface area (TPSA) is 69.0 Å². The van der Waals surface area contributed by atoms with Crippen LogP contribution in [0, 0.1) is 6.92 Å². The third-order valence-electron chi connectivity index (χ3n) is 4.83. The van der Waals surface area contributed by atoms with Crippen molar-refractivity contribution >= 4 is 17.5 Å². The van der Waals surface area contributed by atoms with E-state index in [1.165, 1.54) is 0 Å². The summed E-state index contributed by atoms with van der Waals surface area (Å²) >= 11 is 6.01. The van der Waals surface area contributed by atoms with Gasteiger partial charge in [-0.05, 0) is 42.8 Å². The largest absolute Gasteiger partial charge is 0.457 e. The molecule has 1 N–H and O–H groups in total. The van der Waals surface area contributed by atoms with Gasteiger partial charge >= 0.3 is 0 Å². The first kappa shape index (κ1) is 20.6. The molecule has 0 saturated heterocycles. The summed E-state index contributed by atoms with van der Waals surface area (Å²) in [6.07, 6.45) is 5.33. The quantitative estimate of drug-likeness (QED) is 0.456. The molecule has 6 nitrogen and oxygen atoms in total. The molecule has 0 aliphatic carbocycles. The fourth-order valence-electron chi connectivity index (χ4n) is 3.21. The SMILES string of the molecule is Cc1c(Oc2ccnc(-c3cnn(C)c3)c2)cccc1C(=O)NCc1cccc(Cl)c1. The van der Waals surface area contributed by atoms with Gasteiger partial charge in [0.2, 0.25) is 0 Å². The molecule has 4 aromatic rings. The number of nitrogens with zero attached hydrogens (tertiary/aromatic N) is 3. The Morgan fingerprint density at radius 1 is 1.16 bits per heavy atom. The van der Waals surface area contributed by atoms with Crippen molar-refractivity contribution in [2.75, 3.05) is 0 Å². The number of hydrogen-bond acceptors (Lipinski definition) is 4. The number of pyridine rings is 1. The van der Waals surface area contributed by atoms with Crippen molar-refractivity contribution in [3.63, 3.8) is 0 Å². The summed E-state index contributed by atoms with van der Waals surface area (Å²) in [7, 11) is 1.86. The van der Waals surface area contributed by atoms with E-state index in [1.54, 1.807) is 41.3 Å². The summed E-state index contributed by atoms with van der Waals surface area (Å²) in [6, 6.07) is 16.5. The van der Waals surface area contributed by atoms with Crippen LogP contribution in [0.5, 0.6) is 11.5 Å². The van der Waals surface area contributed by atoms with Crippen LogP contribution in [0.15, 0.2) is 73.2 Å². The minimum Gasteiger partial charge on any atom is -0.457 e. The predicted molar refractivity (Wildman–Crippen MR) is 120 cm³/mol. The van der Waals surface area contributed by atoms with Crippen molar-refractivity contribution in [3.8, 4) is 22.8 Å². The van der Waals surface area contributed by atoms with E-state index in [1.807, 2.05) is 50.5 Å². The molecule has 0 bridgehead atoms. The number of carbonyl (C=O) groups is 1. The lowest BCUT2D eigenvalue weighted by Gasteiger charge is -2.13. The lowest BCUT2D eigenvalue weighted by molar-refractivity contribution is 0.0950. The van der Waals surface area contributed by atoms with E-state index in [2.05, 4.69) is 15.4 Å². The van der Waals surface area contributed by atoms with Crippen LogP contribution in [0.3, 0.4) is 0 Å². The Hall–Kier alpha value is -3.64. The molecule has 156 valence electrons. The van der Waals surface area contributed by atoms with Crippen LogP contribution >= 0.6 is 11.6 Å². The maximum absolute atomic E-state index is 12.8. The number of aryl methyl sites for hydroxylation is 1. The monoisotopic (exact) mass is 432 g/mol.